The molecule has 1 saturated heterocycles. The van der Waals surface area contributed by atoms with Crippen molar-refractivity contribution in [3.63, 3.8) is 0 Å². The minimum atomic E-state index is -4.42. The van der Waals surface area contributed by atoms with E-state index in [4.69, 9.17) is 4.74 Å². The van der Waals surface area contributed by atoms with Crippen LogP contribution in [0.1, 0.15) is 26.3 Å². The highest BCUT2D eigenvalue weighted by molar-refractivity contribution is 7.92. The Hall–Kier alpha value is -1.97. The lowest BCUT2D eigenvalue weighted by Gasteiger charge is -2.39. The van der Waals surface area contributed by atoms with E-state index in [-0.39, 0.29) is 24.6 Å². The first-order valence-corrected chi connectivity index (χ1v) is 10.6. The number of ether oxygens (including phenoxy) is 1. The Kier molecular flexibility index (Phi) is 6.84. The summed E-state index contributed by atoms with van der Waals surface area (Å²) in [5, 5.41) is 3.12. The van der Waals surface area contributed by atoms with Crippen molar-refractivity contribution < 1.29 is 26.3 Å². The fraction of sp³-hybridized carbons (Fsp3) is 0.611. The van der Waals surface area contributed by atoms with Crippen molar-refractivity contribution in [3.8, 4) is 5.75 Å². The first-order chi connectivity index (χ1) is 13.0. The summed E-state index contributed by atoms with van der Waals surface area (Å²) in [7, 11) is -3.19. The highest BCUT2D eigenvalue weighted by Gasteiger charge is 2.41. The molecular weight excluding hydrogens is 395 g/mol. The van der Waals surface area contributed by atoms with Crippen LogP contribution in [-0.4, -0.2) is 62.2 Å². The molecule has 0 spiro atoms. The van der Waals surface area contributed by atoms with Gasteiger partial charge >= 0.3 is 6.18 Å². The van der Waals surface area contributed by atoms with E-state index in [1.807, 2.05) is 11.8 Å². The lowest BCUT2D eigenvalue weighted by molar-refractivity contribution is -0.153. The van der Waals surface area contributed by atoms with Crippen LogP contribution in [0, 0.1) is 0 Å². The summed E-state index contributed by atoms with van der Waals surface area (Å²) in [6, 6.07) is 6.43. The Bertz CT molecular complexity index is 808. The number of nitrogens with one attached hydrogen (secondary N) is 1. The quantitative estimate of drug-likeness (QED) is 0.585. The predicted octanol–water partition coefficient (Wildman–Crippen LogP) is 2.60. The van der Waals surface area contributed by atoms with Crippen molar-refractivity contribution in [1.29, 1.82) is 0 Å². The second-order valence-corrected chi connectivity index (χ2v) is 9.92. The van der Waals surface area contributed by atoms with Gasteiger partial charge in [-0.3, -0.25) is 0 Å². The highest BCUT2D eigenvalue weighted by atomic mass is 32.2. The van der Waals surface area contributed by atoms with Gasteiger partial charge in [-0.25, -0.2) is 13.4 Å². The van der Waals surface area contributed by atoms with Gasteiger partial charge in [0.05, 0.1) is 17.0 Å². The van der Waals surface area contributed by atoms with Gasteiger partial charge in [-0.2, -0.15) is 13.2 Å². The van der Waals surface area contributed by atoms with Gasteiger partial charge in [0.25, 0.3) is 0 Å². The zero-order valence-corrected chi connectivity index (χ0v) is 17.0. The fourth-order valence-electron chi connectivity index (χ4n) is 2.85. The zero-order chi connectivity index (χ0) is 21.0. The predicted molar refractivity (Wildman–Crippen MR) is 102 cm³/mol. The molecule has 1 aromatic carbocycles. The molecule has 0 unspecified atom stereocenters. The minimum absolute atomic E-state index is 0.0235. The summed E-state index contributed by atoms with van der Waals surface area (Å²) in [5.74, 6) is 0.674. The van der Waals surface area contributed by atoms with Crippen molar-refractivity contribution >= 4 is 15.8 Å². The Balaban J connectivity index is 2.18. The van der Waals surface area contributed by atoms with Crippen LogP contribution in [0.15, 0.2) is 29.3 Å². The lowest BCUT2D eigenvalue weighted by Crippen LogP contribution is -2.57. The molecule has 1 aliphatic heterocycles. The van der Waals surface area contributed by atoms with Crippen molar-refractivity contribution in [2.75, 3.05) is 32.0 Å². The van der Waals surface area contributed by atoms with Gasteiger partial charge in [-0.15, -0.1) is 0 Å². The molecule has 28 heavy (non-hydrogen) atoms. The van der Waals surface area contributed by atoms with Crippen LogP contribution in [-0.2, 0) is 16.4 Å². The van der Waals surface area contributed by atoms with E-state index < -0.39 is 27.4 Å². The summed E-state index contributed by atoms with van der Waals surface area (Å²) in [6.45, 7) is 5.16. The van der Waals surface area contributed by atoms with Gasteiger partial charge in [0.1, 0.15) is 5.75 Å². The minimum Gasteiger partial charge on any atom is -0.484 e. The molecule has 0 saturated carbocycles. The van der Waals surface area contributed by atoms with Crippen molar-refractivity contribution in [2.24, 2.45) is 4.99 Å². The van der Waals surface area contributed by atoms with Crippen LogP contribution in [0.2, 0.25) is 0 Å². The summed E-state index contributed by atoms with van der Waals surface area (Å²) in [5.41, 5.74) is 0.519. The number of hydrogen-bond donors (Lipinski definition) is 1. The topological polar surface area (TPSA) is 71.0 Å². The van der Waals surface area contributed by atoms with E-state index in [0.29, 0.717) is 24.6 Å². The maximum absolute atomic E-state index is 12.4. The van der Waals surface area contributed by atoms with Crippen LogP contribution < -0.4 is 10.1 Å². The molecule has 0 bridgehead atoms. The van der Waals surface area contributed by atoms with E-state index in [9.17, 15) is 21.6 Å². The van der Waals surface area contributed by atoms with Crippen LogP contribution >= 0.6 is 0 Å². The molecule has 0 aromatic heterocycles. The largest absolute Gasteiger partial charge is 0.484 e. The number of sulfone groups is 1. The zero-order valence-electron chi connectivity index (χ0n) is 16.2. The maximum atomic E-state index is 12.4. The molecule has 158 valence electrons. The molecule has 2 rings (SSSR count). The Morgan fingerprint density at radius 1 is 1.32 bits per heavy atom. The average Bonchev–Trinajstić information content (AvgIpc) is 2.59. The molecular formula is C18H26F3N3O3S. The molecule has 1 N–H and O–H groups in total. The standard InChI is InChI=1S/C18H26F3N3O3S/c1-4-22-16(24-9-10-28(25,26)17(2,3)12-24)23-11-14-7-5-6-8-15(14)27-13-18(19,20)21/h5-8H,4,9-13H2,1-3H3,(H,22,23). The van der Waals surface area contributed by atoms with E-state index >= 15 is 0 Å². The number of guanidine groups is 1. The number of nitrogens with zero attached hydrogens (tertiary/aromatic N) is 2. The van der Waals surface area contributed by atoms with Crippen LogP contribution in [0.4, 0.5) is 13.2 Å². The Morgan fingerprint density at radius 3 is 2.61 bits per heavy atom. The number of aliphatic imine (C=N–C) groups is 1. The van der Waals surface area contributed by atoms with E-state index in [2.05, 4.69) is 10.3 Å². The molecule has 1 fully saturated rings. The summed E-state index contributed by atoms with van der Waals surface area (Å²) in [6.07, 6.45) is -4.42. The fourth-order valence-corrected chi connectivity index (χ4v) is 4.21. The summed E-state index contributed by atoms with van der Waals surface area (Å²) in [4.78, 5) is 6.37. The third kappa shape index (κ3) is 5.76. The third-order valence-corrected chi connectivity index (χ3v) is 6.97. The van der Waals surface area contributed by atoms with Gasteiger partial charge in [0.2, 0.25) is 0 Å². The molecule has 6 nitrogen and oxygen atoms in total. The molecule has 0 amide bonds. The lowest BCUT2D eigenvalue weighted by atomic mass is 10.2. The smallest absolute Gasteiger partial charge is 0.422 e. The van der Waals surface area contributed by atoms with Gasteiger partial charge in [0, 0.05) is 25.2 Å². The third-order valence-electron chi connectivity index (χ3n) is 4.44. The van der Waals surface area contributed by atoms with Crippen LogP contribution in [0.3, 0.4) is 0 Å². The number of alkyl halides is 3. The second-order valence-electron chi connectivity index (χ2n) is 7.18. The van der Waals surface area contributed by atoms with Gasteiger partial charge in [0.15, 0.2) is 22.4 Å². The summed E-state index contributed by atoms with van der Waals surface area (Å²) >= 11 is 0. The van der Waals surface area contributed by atoms with Crippen molar-refractivity contribution in [2.45, 2.75) is 38.2 Å². The molecule has 0 atom stereocenters. The number of benzene rings is 1. The van der Waals surface area contributed by atoms with Crippen LogP contribution in [0.25, 0.3) is 0 Å². The average molecular weight is 421 g/mol. The van der Waals surface area contributed by atoms with Crippen molar-refractivity contribution in [1.82, 2.24) is 10.2 Å². The van der Waals surface area contributed by atoms with E-state index in [1.165, 1.54) is 6.07 Å². The van der Waals surface area contributed by atoms with Gasteiger partial charge in [-0.1, -0.05) is 18.2 Å². The Morgan fingerprint density at radius 2 is 2.00 bits per heavy atom. The molecule has 1 heterocycles. The first-order valence-electron chi connectivity index (χ1n) is 8.98. The van der Waals surface area contributed by atoms with E-state index in [1.54, 1.807) is 32.0 Å². The summed E-state index contributed by atoms with van der Waals surface area (Å²) < 4.78 is 65.7. The molecule has 1 aliphatic rings. The van der Waals surface area contributed by atoms with E-state index in [0.717, 1.165) is 0 Å². The molecule has 0 aliphatic carbocycles. The molecule has 1 aromatic rings. The molecule has 10 heteroatoms. The highest BCUT2D eigenvalue weighted by Crippen LogP contribution is 2.25. The van der Waals surface area contributed by atoms with Gasteiger partial charge in [-0.05, 0) is 26.8 Å². The van der Waals surface area contributed by atoms with Crippen LogP contribution in [0.5, 0.6) is 5.75 Å². The monoisotopic (exact) mass is 421 g/mol. The maximum Gasteiger partial charge on any atom is 0.422 e. The van der Waals surface area contributed by atoms with Crippen molar-refractivity contribution in [3.05, 3.63) is 29.8 Å². The number of para-hydroxylation sites is 1. The number of hydrogen-bond acceptors (Lipinski definition) is 4. The number of halogens is 3. The second kappa shape index (κ2) is 8.59. The normalized spacial score (nSPS) is 19.4. The van der Waals surface area contributed by atoms with Gasteiger partial charge < -0.3 is 15.0 Å². The number of rotatable bonds is 5. The SMILES string of the molecule is CCNC(=NCc1ccccc1OCC(F)(F)F)N1CCS(=O)(=O)C(C)(C)C1. The molecule has 0 radical (unpaired) electrons. The Labute approximate surface area is 163 Å². The first kappa shape index (κ1) is 22.3.